The standard InChI is InChI=1S/C19H27N5O2/c1-19(2,3)15-11-13(20-21-15)18(25)24-10-5-4-9-14(24)17-23-22-16(26-17)12-7-6-8-12/h11-12,14H,4-10H2,1-3H3,(H,20,21). The Morgan fingerprint density at radius 2 is 1.92 bits per heavy atom. The average molecular weight is 357 g/mol. The Hall–Kier alpha value is -2.18. The van der Waals surface area contributed by atoms with Crippen molar-refractivity contribution in [3.63, 3.8) is 0 Å². The quantitative estimate of drug-likeness (QED) is 0.904. The van der Waals surface area contributed by atoms with Gasteiger partial charge >= 0.3 is 0 Å². The van der Waals surface area contributed by atoms with Gasteiger partial charge in [0.15, 0.2) is 0 Å². The lowest BCUT2D eigenvalue weighted by atomic mass is 9.85. The van der Waals surface area contributed by atoms with Gasteiger partial charge in [0.05, 0.1) is 0 Å². The summed E-state index contributed by atoms with van der Waals surface area (Å²) in [5.41, 5.74) is 1.34. The van der Waals surface area contributed by atoms with E-state index < -0.39 is 0 Å². The molecular formula is C19H27N5O2. The minimum Gasteiger partial charge on any atom is -0.423 e. The molecule has 2 aromatic heterocycles. The van der Waals surface area contributed by atoms with Gasteiger partial charge in [0.1, 0.15) is 11.7 Å². The summed E-state index contributed by atoms with van der Waals surface area (Å²) in [5.74, 6) is 1.65. The first kappa shape index (κ1) is 17.2. The lowest BCUT2D eigenvalue weighted by molar-refractivity contribution is 0.0562. The number of H-pyrrole nitrogens is 1. The van der Waals surface area contributed by atoms with Crippen LogP contribution in [0.4, 0.5) is 0 Å². The molecule has 0 bridgehead atoms. The average Bonchev–Trinajstić information content (AvgIpc) is 3.22. The molecule has 7 nitrogen and oxygen atoms in total. The molecule has 4 rings (SSSR count). The Bertz CT molecular complexity index is 784. The Kier molecular flexibility index (Phi) is 4.32. The van der Waals surface area contributed by atoms with Crippen molar-refractivity contribution in [3.8, 4) is 0 Å². The number of hydrogen-bond donors (Lipinski definition) is 1. The molecule has 1 unspecified atom stereocenters. The maximum Gasteiger partial charge on any atom is 0.275 e. The zero-order valence-corrected chi connectivity index (χ0v) is 15.8. The van der Waals surface area contributed by atoms with Crippen LogP contribution in [-0.4, -0.2) is 37.7 Å². The number of amides is 1. The van der Waals surface area contributed by atoms with Crippen molar-refractivity contribution in [1.82, 2.24) is 25.3 Å². The zero-order valence-electron chi connectivity index (χ0n) is 15.8. The van der Waals surface area contributed by atoms with Crippen molar-refractivity contribution in [3.05, 3.63) is 29.2 Å². The van der Waals surface area contributed by atoms with Gasteiger partial charge in [-0.1, -0.05) is 27.2 Å². The third-order valence-electron chi connectivity index (χ3n) is 5.56. The van der Waals surface area contributed by atoms with Crippen molar-refractivity contribution in [2.24, 2.45) is 0 Å². The summed E-state index contributed by atoms with van der Waals surface area (Å²) in [6, 6.07) is 1.72. The molecule has 1 atom stereocenters. The fraction of sp³-hybridized carbons (Fsp3) is 0.684. The number of hydrogen-bond acceptors (Lipinski definition) is 5. The second-order valence-electron chi connectivity index (χ2n) is 8.53. The van der Waals surface area contributed by atoms with Crippen LogP contribution in [0.25, 0.3) is 0 Å². The van der Waals surface area contributed by atoms with Gasteiger partial charge in [-0.15, -0.1) is 10.2 Å². The van der Waals surface area contributed by atoms with Gasteiger partial charge in [-0.05, 0) is 38.2 Å². The third kappa shape index (κ3) is 3.15. The second kappa shape index (κ2) is 6.52. The molecule has 1 aliphatic carbocycles. The highest BCUT2D eigenvalue weighted by atomic mass is 16.4. The fourth-order valence-electron chi connectivity index (χ4n) is 3.60. The predicted octanol–water partition coefficient (Wildman–Crippen LogP) is 3.73. The fourth-order valence-corrected chi connectivity index (χ4v) is 3.60. The maximum absolute atomic E-state index is 13.1. The van der Waals surface area contributed by atoms with Gasteiger partial charge in [-0.3, -0.25) is 9.89 Å². The maximum atomic E-state index is 13.1. The van der Waals surface area contributed by atoms with Crippen LogP contribution in [0.1, 0.15) is 99.2 Å². The summed E-state index contributed by atoms with van der Waals surface area (Å²) in [4.78, 5) is 14.9. The molecule has 0 aromatic carbocycles. The Balaban J connectivity index is 1.56. The number of nitrogens with zero attached hydrogens (tertiary/aromatic N) is 4. The van der Waals surface area contributed by atoms with E-state index in [2.05, 4.69) is 41.2 Å². The van der Waals surface area contributed by atoms with Crippen LogP contribution in [0.15, 0.2) is 10.5 Å². The summed E-state index contributed by atoms with van der Waals surface area (Å²) in [6.45, 7) is 6.99. The van der Waals surface area contributed by atoms with Gasteiger partial charge in [-0.25, -0.2) is 0 Å². The zero-order chi connectivity index (χ0) is 18.3. The monoisotopic (exact) mass is 357 g/mol. The van der Waals surface area contributed by atoms with Crippen LogP contribution >= 0.6 is 0 Å². The van der Waals surface area contributed by atoms with E-state index in [4.69, 9.17) is 4.42 Å². The van der Waals surface area contributed by atoms with Gasteiger partial charge < -0.3 is 9.32 Å². The molecule has 1 aliphatic heterocycles. The van der Waals surface area contributed by atoms with Crippen molar-refractivity contribution >= 4 is 5.91 Å². The van der Waals surface area contributed by atoms with E-state index in [1.165, 1.54) is 6.42 Å². The molecule has 2 aromatic rings. The first-order chi connectivity index (χ1) is 12.4. The van der Waals surface area contributed by atoms with E-state index in [-0.39, 0.29) is 17.4 Å². The van der Waals surface area contributed by atoms with Crippen LogP contribution in [-0.2, 0) is 5.41 Å². The van der Waals surface area contributed by atoms with Crippen molar-refractivity contribution in [1.29, 1.82) is 0 Å². The minimum atomic E-state index is -0.146. The number of piperidine rings is 1. The number of nitrogens with one attached hydrogen (secondary N) is 1. The molecule has 2 aliphatic rings. The van der Waals surface area contributed by atoms with Gasteiger partial charge in [0.2, 0.25) is 11.8 Å². The molecule has 0 spiro atoms. The van der Waals surface area contributed by atoms with Crippen molar-refractivity contribution < 1.29 is 9.21 Å². The molecule has 1 saturated carbocycles. The third-order valence-corrected chi connectivity index (χ3v) is 5.56. The molecule has 1 amide bonds. The van der Waals surface area contributed by atoms with Crippen LogP contribution < -0.4 is 0 Å². The van der Waals surface area contributed by atoms with E-state index in [0.29, 0.717) is 24.0 Å². The molecule has 26 heavy (non-hydrogen) atoms. The molecule has 0 radical (unpaired) electrons. The number of carbonyl (C=O) groups is 1. The first-order valence-electron chi connectivity index (χ1n) is 9.63. The van der Waals surface area contributed by atoms with Crippen LogP contribution in [0.5, 0.6) is 0 Å². The number of likely N-dealkylation sites (tertiary alicyclic amines) is 1. The van der Waals surface area contributed by atoms with Gasteiger partial charge in [0, 0.05) is 23.6 Å². The van der Waals surface area contributed by atoms with Crippen molar-refractivity contribution in [2.45, 2.75) is 76.7 Å². The molecule has 140 valence electrons. The summed E-state index contributed by atoms with van der Waals surface area (Å²) < 4.78 is 5.96. The predicted molar refractivity (Wildman–Crippen MR) is 95.8 cm³/mol. The summed E-state index contributed by atoms with van der Waals surface area (Å²) >= 11 is 0. The number of aromatic nitrogens is 4. The van der Waals surface area contributed by atoms with Gasteiger partial charge in [0.25, 0.3) is 5.91 Å². The molecule has 1 saturated heterocycles. The van der Waals surface area contributed by atoms with E-state index in [9.17, 15) is 4.79 Å². The van der Waals surface area contributed by atoms with Gasteiger partial charge in [-0.2, -0.15) is 5.10 Å². The SMILES string of the molecule is CC(C)(C)c1cc(C(=O)N2CCCCC2c2nnc(C3CCC3)o2)n[nH]1. The molecule has 1 N–H and O–H groups in total. The van der Waals surface area contributed by atoms with Crippen molar-refractivity contribution in [2.75, 3.05) is 6.54 Å². The summed E-state index contributed by atoms with van der Waals surface area (Å²) in [6.07, 6.45) is 6.38. The van der Waals surface area contributed by atoms with E-state index in [1.54, 1.807) is 0 Å². The Labute approximate surface area is 153 Å². The Morgan fingerprint density at radius 3 is 2.58 bits per heavy atom. The molecule has 3 heterocycles. The molecule has 2 fully saturated rings. The van der Waals surface area contributed by atoms with Crippen LogP contribution in [0.3, 0.4) is 0 Å². The summed E-state index contributed by atoms with van der Waals surface area (Å²) in [5, 5.41) is 15.8. The second-order valence-corrected chi connectivity index (χ2v) is 8.53. The number of aromatic amines is 1. The smallest absolute Gasteiger partial charge is 0.275 e. The van der Waals surface area contributed by atoms with Crippen LogP contribution in [0, 0.1) is 0 Å². The lowest BCUT2D eigenvalue weighted by Crippen LogP contribution is -2.38. The number of carbonyl (C=O) groups excluding carboxylic acids is 1. The topological polar surface area (TPSA) is 87.9 Å². The first-order valence-corrected chi connectivity index (χ1v) is 9.63. The molecule has 7 heteroatoms. The van der Waals surface area contributed by atoms with E-state index in [0.717, 1.165) is 43.7 Å². The Morgan fingerprint density at radius 1 is 1.15 bits per heavy atom. The van der Waals surface area contributed by atoms with E-state index in [1.807, 2.05) is 11.0 Å². The highest BCUT2D eigenvalue weighted by Gasteiger charge is 2.35. The lowest BCUT2D eigenvalue weighted by Gasteiger charge is -2.33. The summed E-state index contributed by atoms with van der Waals surface area (Å²) in [7, 11) is 0. The highest BCUT2D eigenvalue weighted by molar-refractivity contribution is 5.92. The van der Waals surface area contributed by atoms with E-state index >= 15 is 0 Å². The number of rotatable bonds is 3. The molecular weight excluding hydrogens is 330 g/mol. The highest BCUT2D eigenvalue weighted by Crippen LogP contribution is 2.38. The minimum absolute atomic E-state index is 0.0650. The van der Waals surface area contributed by atoms with Crippen LogP contribution in [0.2, 0.25) is 0 Å². The normalized spacial score (nSPS) is 21.7. The largest absolute Gasteiger partial charge is 0.423 e.